The highest BCUT2D eigenvalue weighted by atomic mass is 79.9. The second-order valence-corrected chi connectivity index (χ2v) is 4.55. The van der Waals surface area contributed by atoms with Crippen molar-refractivity contribution < 1.29 is 0 Å². The molecule has 0 unspecified atom stereocenters. The quantitative estimate of drug-likeness (QED) is 0.770. The number of benzene rings is 1. The van der Waals surface area contributed by atoms with Crippen LogP contribution in [0.1, 0.15) is 11.1 Å². The highest BCUT2D eigenvalue weighted by Crippen LogP contribution is 2.19. The van der Waals surface area contributed by atoms with Crippen LogP contribution < -0.4 is 0 Å². The summed E-state index contributed by atoms with van der Waals surface area (Å²) in [7, 11) is 0. The lowest BCUT2D eigenvalue weighted by atomic mass is 10.1. The van der Waals surface area contributed by atoms with Gasteiger partial charge in [0.25, 0.3) is 0 Å². The van der Waals surface area contributed by atoms with E-state index in [4.69, 9.17) is 11.6 Å². The normalized spacial score (nSPS) is 10.6. The van der Waals surface area contributed by atoms with Crippen LogP contribution in [0.15, 0.2) is 35.1 Å². The molecule has 0 spiro atoms. The van der Waals surface area contributed by atoms with Gasteiger partial charge in [0.15, 0.2) is 0 Å². The maximum Gasteiger partial charge on any atom is 0.0690 e. The van der Waals surface area contributed by atoms with Crippen LogP contribution in [-0.4, -0.2) is 9.78 Å². The molecule has 0 fully saturated rings. The van der Waals surface area contributed by atoms with Crippen molar-refractivity contribution in [2.24, 2.45) is 0 Å². The average molecular weight is 286 g/mol. The molecule has 4 heteroatoms. The summed E-state index contributed by atoms with van der Waals surface area (Å²) in [6, 6.07) is 6.17. The highest BCUT2D eigenvalue weighted by Gasteiger charge is 2.05. The lowest BCUT2D eigenvalue weighted by molar-refractivity contribution is 0.870. The summed E-state index contributed by atoms with van der Waals surface area (Å²) in [5.74, 6) is 0.495. The first-order chi connectivity index (χ1) is 7.20. The van der Waals surface area contributed by atoms with E-state index < -0.39 is 0 Å². The van der Waals surface area contributed by atoms with E-state index in [1.807, 2.05) is 16.9 Å². The molecule has 0 atom stereocenters. The molecule has 0 N–H and O–H groups in total. The molecule has 15 heavy (non-hydrogen) atoms. The van der Waals surface area contributed by atoms with Crippen molar-refractivity contribution in [1.82, 2.24) is 9.78 Å². The molecule has 0 aliphatic heterocycles. The van der Waals surface area contributed by atoms with Gasteiger partial charge in [0, 0.05) is 12.1 Å². The van der Waals surface area contributed by atoms with Crippen molar-refractivity contribution in [1.29, 1.82) is 0 Å². The van der Waals surface area contributed by atoms with Gasteiger partial charge in [0.1, 0.15) is 0 Å². The molecule has 0 saturated carbocycles. The fraction of sp³-hybridized carbons (Fsp3) is 0.182. The fourth-order valence-electron chi connectivity index (χ4n) is 1.48. The molecular weight excluding hydrogens is 275 g/mol. The summed E-state index contributed by atoms with van der Waals surface area (Å²) < 4.78 is 2.78. The molecular formula is C11H10BrClN2. The fourth-order valence-corrected chi connectivity index (χ4v) is 1.98. The predicted molar refractivity (Wildman–Crippen MR) is 65.6 cm³/mol. The molecule has 1 aromatic carbocycles. The minimum atomic E-state index is 0.495. The zero-order valence-electron chi connectivity index (χ0n) is 8.24. The van der Waals surface area contributed by atoms with Gasteiger partial charge < -0.3 is 0 Å². The monoisotopic (exact) mass is 284 g/mol. The van der Waals surface area contributed by atoms with E-state index in [2.05, 4.69) is 40.1 Å². The summed E-state index contributed by atoms with van der Waals surface area (Å²) in [5.41, 5.74) is 3.33. The number of nitrogens with zero attached hydrogens (tertiary/aromatic N) is 2. The van der Waals surface area contributed by atoms with E-state index >= 15 is 0 Å². The van der Waals surface area contributed by atoms with E-state index in [9.17, 15) is 0 Å². The van der Waals surface area contributed by atoms with Crippen molar-refractivity contribution in [2.45, 2.75) is 12.8 Å². The van der Waals surface area contributed by atoms with Gasteiger partial charge in [-0.1, -0.05) is 17.7 Å². The van der Waals surface area contributed by atoms with Gasteiger partial charge >= 0.3 is 0 Å². The first-order valence-corrected chi connectivity index (χ1v) is 5.89. The second-order valence-electron chi connectivity index (χ2n) is 3.37. The number of alkyl halides is 1. The molecule has 2 nitrogen and oxygen atoms in total. The molecule has 0 aliphatic carbocycles. The van der Waals surface area contributed by atoms with Crippen LogP contribution in [0.4, 0.5) is 0 Å². The maximum atomic E-state index is 5.91. The Morgan fingerprint density at radius 3 is 2.87 bits per heavy atom. The van der Waals surface area contributed by atoms with E-state index in [0.29, 0.717) is 5.88 Å². The minimum absolute atomic E-state index is 0.495. The lowest BCUT2D eigenvalue weighted by Crippen LogP contribution is -1.99. The van der Waals surface area contributed by atoms with Crippen LogP contribution in [0, 0.1) is 6.92 Å². The third kappa shape index (κ3) is 2.24. The van der Waals surface area contributed by atoms with Crippen LogP contribution in [0.5, 0.6) is 0 Å². The Kier molecular flexibility index (Phi) is 3.12. The molecule has 0 saturated heterocycles. The SMILES string of the molecule is Cc1ccc(-n2cc(Br)cn2)c(CCl)c1. The molecule has 2 aromatic rings. The second kappa shape index (κ2) is 4.37. The maximum absolute atomic E-state index is 5.91. The first-order valence-electron chi connectivity index (χ1n) is 4.57. The standard InChI is InChI=1S/C11H10BrClN2/c1-8-2-3-11(9(4-8)5-13)15-7-10(12)6-14-15/h2-4,6-7H,5H2,1H3. The van der Waals surface area contributed by atoms with Crippen LogP contribution in [0.2, 0.25) is 0 Å². The van der Waals surface area contributed by atoms with Crippen LogP contribution >= 0.6 is 27.5 Å². The summed E-state index contributed by atoms with van der Waals surface area (Å²) in [5, 5.41) is 4.24. The topological polar surface area (TPSA) is 17.8 Å². The predicted octanol–water partition coefficient (Wildman–Crippen LogP) is 3.68. The molecule has 0 amide bonds. The number of rotatable bonds is 2. The van der Waals surface area contributed by atoms with Crippen molar-refractivity contribution >= 4 is 27.5 Å². The van der Waals surface area contributed by atoms with E-state index in [0.717, 1.165) is 15.7 Å². The summed E-state index contributed by atoms with van der Waals surface area (Å²) in [6.45, 7) is 2.05. The average Bonchev–Trinajstić information content (AvgIpc) is 2.64. The Bertz CT molecular complexity index is 479. The number of hydrogen-bond acceptors (Lipinski definition) is 1. The van der Waals surface area contributed by atoms with E-state index in [1.165, 1.54) is 5.56 Å². The highest BCUT2D eigenvalue weighted by molar-refractivity contribution is 9.10. The molecule has 0 aliphatic rings. The Morgan fingerprint density at radius 2 is 2.27 bits per heavy atom. The Balaban J connectivity index is 2.52. The van der Waals surface area contributed by atoms with Crippen LogP contribution in [0.3, 0.4) is 0 Å². The van der Waals surface area contributed by atoms with Gasteiger partial charge in [-0.3, -0.25) is 0 Å². The van der Waals surface area contributed by atoms with Crippen molar-refractivity contribution in [3.63, 3.8) is 0 Å². The number of aromatic nitrogens is 2. The Morgan fingerprint density at radius 1 is 1.47 bits per heavy atom. The van der Waals surface area contributed by atoms with Crippen molar-refractivity contribution in [3.8, 4) is 5.69 Å². The third-order valence-electron chi connectivity index (χ3n) is 2.18. The molecule has 2 rings (SSSR count). The zero-order chi connectivity index (χ0) is 10.8. The zero-order valence-corrected chi connectivity index (χ0v) is 10.6. The molecule has 78 valence electrons. The number of halogens is 2. The van der Waals surface area contributed by atoms with Gasteiger partial charge in [0.2, 0.25) is 0 Å². The van der Waals surface area contributed by atoms with Gasteiger partial charge in [0.05, 0.1) is 16.4 Å². The largest absolute Gasteiger partial charge is 0.239 e. The Labute approximate surface area is 102 Å². The smallest absolute Gasteiger partial charge is 0.0690 e. The van der Waals surface area contributed by atoms with E-state index in [1.54, 1.807) is 6.20 Å². The van der Waals surface area contributed by atoms with Crippen molar-refractivity contribution in [3.05, 3.63) is 46.2 Å². The third-order valence-corrected chi connectivity index (χ3v) is 2.87. The molecule has 0 radical (unpaired) electrons. The summed E-state index contributed by atoms with van der Waals surface area (Å²) in [4.78, 5) is 0. The first kappa shape index (κ1) is 10.7. The molecule has 0 bridgehead atoms. The van der Waals surface area contributed by atoms with Gasteiger partial charge in [-0.05, 0) is 34.5 Å². The van der Waals surface area contributed by atoms with Gasteiger partial charge in [-0.15, -0.1) is 11.6 Å². The van der Waals surface area contributed by atoms with Crippen LogP contribution in [-0.2, 0) is 5.88 Å². The number of hydrogen-bond donors (Lipinski definition) is 0. The van der Waals surface area contributed by atoms with Gasteiger partial charge in [-0.2, -0.15) is 5.10 Å². The summed E-state index contributed by atoms with van der Waals surface area (Å²) >= 11 is 9.28. The van der Waals surface area contributed by atoms with Crippen molar-refractivity contribution in [2.75, 3.05) is 0 Å². The minimum Gasteiger partial charge on any atom is -0.239 e. The van der Waals surface area contributed by atoms with E-state index in [-0.39, 0.29) is 0 Å². The Hall–Kier alpha value is -0.800. The van der Waals surface area contributed by atoms with Crippen LogP contribution in [0.25, 0.3) is 5.69 Å². The van der Waals surface area contributed by atoms with Gasteiger partial charge in [-0.25, -0.2) is 4.68 Å². The number of aryl methyl sites for hydroxylation is 1. The lowest BCUT2D eigenvalue weighted by Gasteiger charge is -2.07. The molecule has 1 aromatic heterocycles. The molecule has 1 heterocycles. The summed E-state index contributed by atoms with van der Waals surface area (Å²) in [6.07, 6.45) is 3.68.